The predicted molar refractivity (Wildman–Crippen MR) is 78.8 cm³/mol. The number of piperidine rings is 1. The standard InChI is InChI=1S/C15H22BrNO/c1-10-5-4-6-11(2)17(10)12(3)14-9-13(16)7-8-15(14)18/h7-12,18H,4-6H2,1-3H3/t10-,11+,12?. The van der Waals surface area contributed by atoms with Crippen LogP contribution in [0.15, 0.2) is 22.7 Å². The maximum absolute atomic E-state index is 10.1. The molecule has 0 radical (unpaired) electrons. The van der Waals surface area contributed by atoms with Crippen LogP contribution in [-0.4, -0.2) is 22.1 Å². The second-order valence-electron chi connectivity index (χ2n) is 5.46. The van der Waals surface area contributed by atoms with Gasteiger partial charge in [0.25, 0.3) is 0 Å². The van der Waals surface area contributed by atoms with Crippen molar-refractivity contribution in [2.45, 2.75) is 58.2 Å². The topological polar surface area (TPSA) is 23.5 Å². The molecule has 1 unspecified atom stereocenters. The molecule has 1 saturated heterocycles. The number of hydrogen-bond acceptors (Lipinski definition) is 2. The minimum atomic E-state index is 0.257. The van der Waals surface area contributed by atoms with Crippen LogP contribution >= 0.6 is 15.9 Å². The lowest BCUT2D eigenvalue weighted by molar-refractivity contribution is 0.0612. The van der Waals surface area contributed by atoms with Crippen LogP contribution in [0, 0.1) is 0 Å². The molecule has 100 valence electrons. The lowest BCUT2D eigenvalue weighted by Crippen LogP contribution is -2.45. The van der Waals surface area contributed by atoms with Crippen LogP contribution in [0.2, 0.25) is 0 Å². The quantitative estimate of drug-likeness (QED) is 0.870. The number of phenolic OH excluding ortho intramolecular Hbond substituents is 1. The molecule has 1 aliphatic rings. The molecule has 0 bridgehead atoms. The van der Waals surface area contributed by atoms with Gasteiger partial charge in [0.05, 0.1) is 0 Å². The van der Waals surface area contributed by atoms with Gasteiger partial charge in [0.1, 0.15) is 5.75 Å². The molecule has 2 rings (SSSR count). The van der Waals surface area contributed by atoms with E-state index in [9.17, 15) is 5.11 Å². The minimum absolute atomic E-state index is 0.257. The predicted octanol–water partition coefficient (Wildman–Crippen LogP) is 4.48. The van der Waals surface area contributed by atoms with Crippen molar-refractivity contribution in [2.75, 3.05) is 0 Å². The Bertz CT molecular complexity index is 411. The van der Waals surface area contributed by atoms with E-state index in [4.69, 9.17) is 0 Å². The molecule has 18 heavy (non-hydrogen) atoms. The van der Waals surface area contributed by atoms with Gasteiger partial charge in [0.2, 0.25) is 0 Å². The Kier molecular flexibility index (Phi) is 4.33. The summed E-state index contributed by atoms with van der Waals surface area (Å²) in [5, 5.41) is 10.1. The summed E-state index contributed by atoms with van der Waals surface area (Å²) in [7, 11) is 0. The van der Waals surface area contributed by atoms with Crippen molar-refractivity contribution in [2.24, 2.45) is 0 Å². The first kappa shape index (κ1) is 13.9. The van der Waals surface area contributed by atoms with E-state index < -0.39 is 0 Å². The average molecular weight is 312 g/mol. The molecule has 1 aromatic carbocycles. The Labute approximate surface area is 118 Å². The average Bonchev–Trinajstić information content (AvgIpc) is 2.32. The molecule has 1 aliphatic heterocycles. The summed E-state index contributed by atoms with van der Waals surface area (Å²) in [5.74, 6) is 0.399. The third-order valence-corrected chi connectivity index (χ3v) is 4.64. The first-order chi connectivity index (χ1) is 8.50. The first-order valence-electron chi connectivity index (χ1n) is 6.76. The van der Waals surface area contributed by atoms with E-state index >= 15 is 0 Å². The fourth-order valence-electron chi connectivity index (χ4n) is 3.23. The summed E-state index contributed by atoms with van der Waals surface area (Å²) in [6.07, 6.45) is 3.82. The third-order valence-electron chi connectivity index (χ3n) is 4.15. The Morgan fingerprint density at radius 2 is 1.89 bits per heavy atom. The summed E-state index contributed by atoms with van der Waals surface area (Å²) < 4.78 is 1.03. The van der Waals surface area contributed by atoms with Gasteiger partial charge in [-0.25, -0.2) is 0 Å². The second kappa shape index (κ2) is 5.62. The van der Waals surface area contributed by atoms with Crippen LogP contribution in [0.3, 0.4) is 0 Å². The van der Waals surface area contributed by atoms with Gasteiger partial charge in [-0.05, 0) is 51.8 Å². The molecule has 0 spiro atoms. The van der Waals surface area contributed by atoms with Crippen LogP contribution < -0.4 is 0 Å². The van der Waals surface area contributed by atoms with Gasteiger partial charge in [0, 0.05) is 28.2 Å². The van der Waals surface area contributed by atoms with Gasteiger partial charge in [-0.15, -0.1) is 0 Å². The molecule has 3 atom stereocenters. The van der Waals surface area contributed by atoms with Gasteiger partial charge >= 0.3 is 0 Å². The summed E-state index contributed by atoms with van der Waals surface area (Å²) in [6, 6.07) is 7.12. The molecule has 0 amide bonds. The normalized spacial score (nSPS) is 27.1. The van der Waals surface area contributed by atoms with Gasteiger partial charge in [-0.2, -0.15) is 0 Å². The number of hydrogen-bond donors (Lipinski definition) is 1. The van der Waals surface area contributed by atoms with Crippen LogP contribution in [0.25, 0.3) is 0 Å². The Balaban J connectivity index is 2.28. The number of phenols is 1. The molecule has 1 heterocycles. The van der Waals surface area contributed by atoms with Crippen molar-refractivity contribution in [1.29, 1.82) is 0 Å². The Hall–Kier alpha value is -0.540. The van der Waals surface area contributed by atoms with Gasteiger partial charge in [-0.1, -0.05) is 22.4 Å². The van der Waals surface area contributed by atoms with E-state index in [1.54, 1.807) is 6.07 Å². The fourth-order valence-corrected chi connectivity index (χ4v) is 3.60. The van der Waals surface area contributed by atoms with Crippen LogP contribution in [0.5, 0.6) is 5.75 Å². The zero-order valence-corrected chi connectivity index (χ0v) is 12.9. The SMILES string of the molecule is CC(c1cc(Br)ccc1O)N1[C@H](C)CCC[C@@H]1C. The zero-order chi connectivity index (χ0) is 13.3. The maximum atomic E-state index is 10.1. The molecular formula is C15H22BrNO. The van der Waals surface area contributed by atoms with E-state index in [1.165, 1.54) is 19.3 Å². The summed E-state index contributed by atoms with van der Waals surface area (Å²) in [4.78, 5) is 2.53. The molecule has 0 saturated carbocycles. The van der Waals surface area contributed by atoms with Crippen molar-refractivity contribution in [3.8, 4) is 5.75 Å². The number of likely N-dealkylation sites (tertiary alicyclic amines) is 1. The lowest BCUT2D eigenvalue weighted by atomic mass is 9.93. The van der Waals surface area contributed by atoms with Crippen LogP contribution in [-0.2, 0) is 0 Å². The molecular weight excluding hydrogens is 290 g/mol. The van der Waals surface area contributed by atoms with Crippen molar-refractivity contribution in [3.63, 3.8) is 0 Å². The highest BCUT2D eigenvalue weighted by atomic mass is 79.9. The van der Waals surface area contributed by atoms with Gasteiger partial charge in [-0.3, -0.25) is 4.90 Å². The van der Waals surface area contributed by atoms with Gasteiger partial charge in [0.15, 0.2) is 0 Å². The number of rotatable bonds is 2. The molecule has 0 aliphatic carbocycles. The molecule has 1 N–H and O–H groups in total. The third kappa shape index (κ3) is 2.72. The zero-order valence-electron chi connectivity index (χ0n) is 11.4. The summed E-state index contributed by atoms with van der Waals surface area (Å²) in [6.45, 7) is 6.78. The van der Waals surface area contributed by atoms with E-state index in [1.807, 2.05) is 12.1 Å². The highest BCUT2D eigenvalue weighted by molar-refractivity contribution is 9.10. The largest absolute Gasteiger partial charge is 0.508 e. The van der Waals surface area contributed by atoms with E-state index in [0.717, 1.165) is 10.0 Å². The lowest BCUT2D eigenvalue weighted by Gasteiger charge is -2.43. The molecule has 1 aromatic rings. The van der Waals surface area contributed by atoms with Crippen molar-refractivity contribution < 1.29 is 5.11 Å². The van der Waals surface area contributed by atoms with Gasteiger partial charge < -0.3 is 5.11 Å². The van der Waals surface area contributed by atoms with Crippen molar-refractivity contribution >= 4 is 15.9 Å². The Morgan fingerprint density at radius 1 is 1.28 bits per heavy atom. The van der Waals surface area contributed by atoms with Crippen molar-refractivity contribution in [1.82, 2.24) is 4.90 Å². The van der Waals surface area contributed by atoms with E-state index in [0.29, 0.717) is 17.8 Å². The molecule has 0 aromatic heterocycles. The maximum Gasteiger partial charge on any atom is 0.120 e. The summed E-state index contributed by atoms with van der Waals surface area (Å²) >= 11 is 3.49. The smallest absolute Gasteiger partial charge is 0.120 e. The molecule has 3 heteroatoms. The number of halogens is 1. The van der Waals surface area contributed by atoms with Crippen LogP contribution in [0.1, 0.15) is 51.6 Å². The molecule has 2 nitrogen and oxygen atoms in total. The number of nitrogens with zero attached hydrogens (tertiary/aromatic N) is 1. The van der Waals surface area contributed by atoms with Crippen LogP contribution in [0.4, 0.5) is 0 Å². The fraction of sp³-hybridized carbons (Fsp3) is 0.600. The molecule has 1 fully saturated rings. The second-order valence-corrected chi connectivity index (χ2v) is 6.37. The van der Waals surface area contributed by atoms with E-state index in [2.05, 4.69) is 41.6 Å². The number of benzene rings is 1. The number of aromatic hydroxyl groups is 1. The highest BCUT2D eigenvalue weighted by Gasteiger charge is 2.30. The van der Waals surface area contributed by atoms with E-state index in [-0.39, 0.29) is 6.04 Å². The van der Waals surface area contributed by atoms with Crippen molar-refractivity contribution in [3.05, 3.63) is 28.2 Å². The first-order valence-corrected chi connectivity index (χ1v) is 7.56. The Morgan fingerprint density at radius 3 is 2.50 bits per heavy atom. The monoisotopic (exact) mass is 311 g/mol. The minimum Gasteiger partial charge on any atom is -0.508 e. The summed E-state index contributed by atoms with van der Waals surface area (Å²) in [5.41, 5.74) is 1.02. The highest BCUT2D eigenvalue weighted by Crippen LogP contribution is 2.36.